The van der Waals surface area contributed by atoms with Crippen LogP contribution in [0.1, 0.15) is 29.4 Å². The zero-order valence-corrected chi connectivity index (χ0v) is 18.0. The van der Waals surface area contributed by atoms with Gasteiger partial charge in [-0.2, -0.15) is 13.2 Å². The molecular weight excluding hydrogens is 479 g/mol. The van der Waals surface area contributed by atoms with E-state index in [-0.39, 0.29) is 16.7 Å². The van der Waals surface area contributed by atoms with Crippen LogP contribution in [0.25, 0.3) is 0 Å². The second-order valence-electron chi connectivity index (χ2n) is 6.73. The van der Waals surface area contributed by atoms with Crippen LogP contribution in [0.3, 0.4) is 0 Å². The summed E-state index contributed by atoms with van der Waals surface area (Å²) in [5.41, 5.74) is 5.43. The van der Waals surface area contributed by atoms with Crippen molar-refractivity contribution in [1.82, 2.24) is 4.98 Å². The summed E-state index contributed by atoms with van der Waals surface area (Å²) >= 11 is 11.8. The number of nitrogens with two attached hydrogens (primary N) is 1. The van der Waals surface area contributed by atoms with Crippen molar-refractivity contribution >= 4 is 40.8 Å². The quantitative estimate of drug-likeness (QED) is 0.549. The Morgan fingerprint density at radius 1 is 1.34 bits per heavy atom. The first-order chi connectivity index (χ1) is 14.8. The normalized spacial score (nSPS) is 18.1. The van der Waals surface area contributed by atoms with Gasteiger partial charge in [0.05, 0.1) is 22.2 Å². The van der Waals surface area contributed by atoms with E-state index in [1.54, 1.807) is 6.92 Å². The van der Waals surface area contributed by atoms with Crippen LogP contribution in [-0.2, 0) is 10.3 Å². The molecule has 3 rings (SSSR count). The van der Waals surface area contributed by atoms with Crippen LogP contribution >= 0.6 is 23.2 Å². The first-order valence-electron chi connectivity index (χ1n) is 8.93. The molecule has 0 unspecified atom stereocenters. The smallest absolute Gasteiger partial charge is 0.411 e. The number of halogens is 6. The van der Waals surface area contributed by atoms with Gasteiger partial charge in [0.2, 0.25) is 0 Å². The second-order valence-corrected chi connectivity index (χ2v) is 7.57. The number of nitrogens with zero attached hydrogens (tertiary/aromatic N) is 2. The molecule has 1 aliphatic heterocycles. The van der Waals surface area contributed by atoms with Gasteiger partial charge in [0, 0.05) is 23.9 Å². The number of carbonyl (C=O) groups excluding carboxylic acids is 1. The molecule has 1 aliphatic rings. The summed E-state index contributed by atoms with van der Waals surface area (Å²) in [6, 6.07) is 5.63. The molecule has 1 atom stereocenters. The van der Waals surface area contributed by atoms with Crippen LogP contribution < -0.4 is 11.1 Å². The molecule has 4 N–H and O–H groups in total. The van der Waals surface area contributed by atoms with Gasteiger partial charge in [0.25, 0.3) is 11.9 Å². The van der Waals surface area contributed by atoms with Crippen molar-refractivity contribution in [2.75, 3.05) is 18.5 Å². The topological polar surface area (TPSA) is 110 Å². The Hall–Kier alpha value is -2.63. The van der Waals surface area contributed by atoms with E-state index in [2.05, 4.69) is 15.3 Å². The molecule has 0 spiro atoms. The number of anilines is 1. The number of aliphatic hydroxyl groups is 1. The van der Waals surface area contributed by atoms with Gasteiger partial charge >= 0.3 is 6.18 Å². The van der Waals surface area contributed by atoms with E-state index in [1.807, 2.05) is 0 Å². The molecule has 32 heavy (non-hydrogen) atoms. The summed E-state index contributed by atoms with van der Waals surface area (Å²) in [5, 5.41) is 10.4. The van der Waals surface area contributed by atoms with Crippen molar-refractivity contribution in [2.45, 2.75) is 25.1 Å². The molecule has 0 saturated carbocycles. The molecule has 1 aromatic heterocycles. The molecule has 7 nitrogen and oxygen atoms in total. The molecule has 0 aliphatic carbocycles. The Morgan fingerprint density at radius 3 is 2.56 bits per heavy atom. The van der Waals surface area contributed by atoms with Crippen molar-refractivity contribution in [3.05, 3.63) is 57.6 Å². The van der Waals surface area contributed by atoms with Crippen LogP contribution in [0.15, 0.2) is 35.5 Å². The Bertz CT molecular complexity index is 1020. The lowest BCUT2D eigenvalue weighted by Gasteiger charge is -2.30. The van der Waals surface area contributed by atoms with Gasteiger partial charge in [-0.25, -0.2) is 14.4 Å². The minimum Gasteiger partial charge on any atom is -0.465 e. The van der Waals surface area contributed by atoms with Crippen molar-refractivity contribution in [2.24, 2.45) is 10.7 Å². The standard InChI is InChI=1S/C17H15Cl2FN4O2.C2H3F3O/c1-17(4-5-26-16(21)24-17)11-7-10(2-3-13(11)20)23-15(25)14-12(19)6-9(18)8-22-14;3-2(4,5)1-6/h2-3,6-8H,4-5H2,1H3,(H2,21,24)(H,23,25);6H,1H2/t17-;/m0./s1. The number of hydrogen-bond donors (Lipinski definition) is 3. The molecule has 13 heteroatoms. The Kier molecular flexibility index (Phi) is 8.27. The highest BCUT2D eigenvalue weighted by atomic mass is 35.5. The summed E-state index contributed by atoms with van der Waals surface area (Å²) in [6.07, 6.45) is -2.63. The number of nitrogens with one attached hydrogen (secondary N) is 1. The maximum atomic E-state index is 14.4. The monoisotopic (exact) mass is 496 g/mol. The fourth-order valence-electron chi connectivity index (χ4n) is 2.67. The number of pyridine rings is 1. The molecule has 0 radical (unpaired) electrons. The average molecular weight is 497 g/mol. The van der Waals surface area contributed by atoms with Gasteiger partial charge in [-0.1, -0.05) is 23.2 Å². The van der Waals surface area contributed by atoms with Crippen molar-refractivity contribution in [3.63, 3.8) is 0 Å². The fourth-order valence-corrected chi connectivity index (χ4v) is 3.13. The van der Waals surface area contributed by atoms with E-state index in [1.165, 1.54) is 30.5 Å². The molecule has 2 aromatic rings. The number of hydrogen-bond acceptors (Lipinski definition) is 6. The van der Waals surface area contributed by atoms with Crippen molar-refractivity contribution in [1.29, 1.82) is 0 Å². The van der Waals surface area contributed by atoms with E-state index in [4.69, 9.17) is 38.8 Å². The molecule has 0 bridgehead atoms. The van der Waals surface area contributed by atoms with E-state index in [0.29, 0.717) is 29.3 Å². The molecule has 174 valence electrons. The van der Waals surface area contributed by atoms with Gasteiger partial charge < -0.3 is 20.9 Å². The van der Waals surface area contributed by atoms with Crippen LogP contribution in [0.5, 0.6) is 0 Å². The number of aliphatic imine (C=N–C) groups is 1. The molecule has 1 aromatic carbocycles. The number of ether oxygens (including phenoxy) is 1. The van der Waals surface area contributed by atoms with Crippen LogP contribution in [0.2, 0.25) is 10.0 Å². The summed E-state index contributed by atoms with van der Waals surface area (Å²) < 4.78 is 51.1. The van der Waals surface area contributed by atoms with Crippen molar-refractivity contribution in [3.8, 4) is 0 Å². The lowest BCUT2D eigenvalue weighted by Crippen LogP contribution is -2.34. The summed E-state index contributed by atoms with van der Waals surface area (Å²) in [5.74, 6) is -0.990. The van der Waals surface area contributed by atoms with Gasteiger partial charge in [-0.15, -0.1) is 0 Å². The summed E-state index contributed by atoms with van der Waals surface area (Å²) in [7, 11) is 0. The van der Waals surface area contributed by atoms with Gasteiger partial charge in [-0.3, -0.25) is 4.79 Å². The molecule has 0 fully saturated rings. The third-order valence-electron chi connectivity index (χ3n) is 4.20. The maximum absolute atomic E-state index is 14.4. The zero-order valence-electron chi connectivity index (χ0n) is 16.5. The van der Waals surface area contributed by atoms with Crippen molar-refractivity contribution < 1.29 is 32.2 Å². The minimum absolute atomic E-state index is 0.00438. The first-order valence-corrected chi connectivity index (χ1v) is 9.68. The predicted octanol–water partition coefficient (Wildman–Crippen LogP) is 4.27. The number of amides is 1. The molecule has 0 saturated heterocycles. The van der Waals surface area contributed by atoms with Crippen LogP contribution in [0, 0.1) is 5.82 Å². The van der Waals surface area contributed by atoms with Crippen LogP contribution in [0.4, 0.5) is 23.2 Å². The number of aromatic nitrogens is 1. The van der Waals surface area contributed by atoms with Gasteiger partial charge in [0.1, 0.15) is 18.1 Å². The number of amidine groups is 1. The molecule has 1 amide bonds. The van der Waals surface area contributed by atoms with Crippen LogP contribution in [-0.4, -0.2) is 41.4 Å². The number of aliphatic hydroxyl groups excluding tert-OH is 1. The minimum atomic E-state index is -4.40. The highest BCUT2D eigenvalue weighted by molar-refractivity contribution is 6.36. The number of carbonyl (C=O) groups is 1. The lowest BCUT2D eigenvalue weighted by atomic mass is 9.88. The highest BCUT2D eigenvalue weighted by Crippen LogP contribution is 2.35. The van der Waals surface area contributed by atoms with Gasteiger partial charge in [-0.05, 0) is 31.2 Å². The van der Waals surface area contributed by atoms with Gasteiger partial charge in [0.15, 0.2) is 0 Å². The van der Waals surface area contributed by atoms with E-state index >= 15 is 0 Å². The Morgan fingerprint density at radius 2 is 2.00 bits per heavy atom. The van der Waals surface area contributed by atoms with E-state index in [9.17, 15) is 22.4 Å². The third kappa shape index (κ3) is 6.94. The third-order valence-corrected chi connectivity index (χ3v) is 4.70. The Balaban J connectivity index is 0.000000534. The summed E-state index contributed by atoms with van der Waals surface area (Å²) in [6.45, 7) is 0.350. The highest BCUT2D eigenvalue weighted by Gasteiger charge is 2.33. The predicted molar refractivity (Wildman–Crippen MR) is 111 cm³/mol. The largest absolute Gasteiger partial charge is 0.465 e. The number of alkyl halides is 3. The van der Waals surface area contributed by atoms with E-state index in [0.717, 1.165) is 0 Å². The number of rotatable bonds is 3. The Labute approximate surface area is 190 Å². The maximum Gasteiger partial charge on any atom is 0.411 e. The average Bonchev–Trinajstić information content (AvgIpc) is 2.69. The molecule has 2 heterocycles. The first kappa shape index (κ1) is 25.6. The fraction of sp³-hybridized carbons (Fsp3) is 0.316. The zero-order chi connectivity index (χ0) is 24.1. The van der Waals surface area contributed by atoms with E-state index < -0.39 is 30.0 Å². The SMILES string of the molecule is C[C@@]1(c2cc(NC(=O)c3ncc(Cl)cc3Cl)ccc2F)CCOC(N)=N1.OCC(F)(F)F. The lowest BCUT2D eigenvalue weighted by molar-refractivity contribution is -0.159. The molecular formula is C19H18Cl2F4N4O3. The number of benzene rings is 1. The summed E-state index contributed by atoms with van der Waals surface area (Å²) in [4.78, 5) is 20.5. The second kappa shape index (κ2) is 10.3.